The number of azide groups is 1. The van der Waals surface area contributed by atoms with Gasteiger partial charge in [-0.3, -0.25) is 4.79 Å². The summed E-state index contributed by atoms with van der Waals surface area (Å²) in [5, 5.41) is 8.42. The minimum absolute atomic E-state index is 0.187. The van der Waals surface area contributed by atoms with Crippen LogP contribution in [-0.2, 0) is 19.0 Å². The lowest BCUT2D eigenvalue weighted by Gasteiger charge is -2.19. The fraction of sp³-hybridized carbons (Fsp3) is 0.867. The number of carbonyl (C=O) groups is 2. The molecule has 0 saturated heterocycles. The van der Waals surface area contributed by atoms with Gasteiger partial charge in [0.25, 0.3) is 0 Å². The van der Waals surface area contributed by atoms with Crippen molar-refractivity contribution in [2.24, 2.45) is 5.11 Å². The van der Waals surface area contributed by atoms with Crippen LogP contribution in [0.2, 0.25) is 0 Å². The second-order valence-electron chi connectivity index (χ2n) is 6.10. The molecule has 25 heavy (non-hydrogen) atoms. The molecule has 0 rings (SSSR count). The van der Waals surface area contributed by atoms with Crippen molar-refractivity contribution in [3.8, 4) is 0 Å². The summed E-state index contributed by atoms with van der Waals surface area (Å²) >= 11 is 0. The monoisotopic (exact) mass is 359 g/mol. The van der Waals surface area contributed by atoms with Crippen LogP contribution in [0.5, 0.6) is 0 Å². The van der Waals surface area contributed by atoms with E-state index in [4.69, 9.17) is 19.7 Å². The molecule has 10 nitrogen and oxygen atoms in total. The lowest BCUT2D eigenvalue weighted by atomic mass is 10.2. The minimum Gasteiger partial charge on any atom is -0.444 e. The third kappa shape index (κ3) is 18.2. The number of ether oxygens (including phenoxy) is 3. The van der Waals surface area contributed by atoms with Crippen LogP contribution < -0.4 is 10.6 Å². The van der Waals surface area contributed by atoms with Crippen LogP contribution in [0.25, 0.3) is 10.4 Å². The molecule has 0 saturated carbocycles. The molecule has 0 aromatic heterocycles. The number of nitrogens with one attached hydrogen (secondary N) is 2. The topological polar surface area (TPSA) is 135 Å². The molecule has 144 valence electrons. The number of alkyl carbamates (subject to hydrolysis) is 1. The van der Waals surface area contributed by atoms with E-state index in [-0.39, 0.29) is 12.5 Å². The zero-order valence-electron chi connectivity index (χ0n) is 15.2. The molecule has 0 aliphatic rings. The summed E-state index contributed by atoms with van der Waals surface area (Å²) in [5.41, 5.74) is 7.57. The Bertz CT molecular complexity index is 433. The van der Waals surface area contributed by atoms with Crippen LogP contribution in [-0.4, -0.2) is 63.7 Å². The van der Waals surface area contributed by atoms with Crippen LogP contribution in [0, 0.1) is 0 Å². The molecule has 0 bridgehead atoms. The van der Waals surface area contributed by atoms with Crippen molar-refractivity contribution in [2.75, 3.05) is 46.1 Å². The van der Waals surface area contributed by atoms with Crippen LogP contribution in [0.1, 0.15) is 33.6 Å². The third-order valence-corrected chi connectivity index (χ3v) is 2.57. The Morgan fingerprint density at radius 3 is 2.08 bits per heavy atom. The van der Waals surface area contributed by atoms with Crippen LogP contribution in [0.4, 0.5) is 4.79 Å². The van der Waals surface area contributed by atoms with E-state index in [1.807, 2.05) is 20.8 Å². The molecule has 0 fully saturated rings. The number of carbonyl (C=O) groups excluding carboxylic acids is 2. The number of rotatable bonds is 13. The van der Waals surface area contributed by atoms with E-state index in [9.17, 15) is 9.59 Å². The van der Waals surface area contributed by atoms with Gasteiger partial charge in [0.1, 0.15) is 12.1 Å². The van der Waals surface area contributed by atoms with E-state index >= 15 is 0 Å². The van der Waals surface area contributed by atoms with Crippen molar-refractivity contribution in [3.63, 3.8) is 0 Å². The van der Waals surface area contributed by atoms with Gasteiger partial charge >= 0.3 is 6.09 Å². The van der Waals surface area contributed by atoms with Gasteiger partial charge in [0.05, 0.1) is 13.2 Å². The minimum atomic E-state index is -0.495. The van der Waals surface area contributed by atoms with Crippen LogP contribution in [0.3, 0.4) is 0 Å². The fourth-order valence-corrected chi connectivity index (χ4v) is 1.55. The third-order valence-electron chi connectivity index (χ3n) is 2.57. The van der Waals surface area contributed by atoms with Gasteiger partial charge in [-0.1, -0.05) is 5.11 Å². The predicted octanol–water partition coefficient (Wildman–Crippen LogP) is 1.75. The van der Waals surface area contributed by atoms with Gasteiger partial charge in [0.15, 0.2) is 0 Å². The zero-order valence-corrected chi connectivity index (χ0v) is 15.2. The summed E-state index contributed by atoms with van der Waals surface area (Å²) in [6.45, 7) is 8.17. The Morgan fingerprint density at radius 1 is 1.00 bits per heavy atom. The van der Waals surface area contributed by atoms with Crippen molar-refractivity contribution in [2.45, 2.75) is 39.2 Å². The van der Waals surface area contributed by atoms with Gasteiger partial charge in [-0.15, -0.1) is 0 Å². The summed E-state index contributed by atoms with van der Waals surface area (Å²) < 4.78 is 15.8. The summed E-state index contributed by atoms with van der Waals surface area (Å²) in [4.78, 5) is 25.0. The summed E-state index contributed by atoms with van der Waals surface area (Å²) in [7, 11) is 0. The molecule has 0 heterocycles. The van der Waals surface area contributed by atoms with E-state index in [0.29, 0.717) is 52.4 Å². The van der Waals surface area contributed by atoms with Gasteiger partial charge in [-0.05, 0) is 39.1 Å². The summed E-state index contributed by atoms with van der Waals surface area (Å²) in [5.74, 6) is -0.305. The molecule has 2 N–H and O–H groups in total. The normalized spacial score (nSPS) is 10.7. The highest BCUT2D eigenvalue weighted by Gasteiger charge is 2.15. The second-order valence-corrected chi connectivity index (χ2v) is 6.10. The highest BCUT2D eigenvalue weighted by atomic mass is 16.6. The molecule has 0 unspecified atom stereocenters. The Morgan fingerprint density at radius 2 is 1.56 bits per heavy atom. The van der Waals surface area contributed by atoms with Crippen molar-refractivity contribution in [1.82, 2.24) is 10.6 Å². The molecule has 0 aliphatic heterocycles. The zero-order chi connectivity index (χ0) is 19.0. The first-order valence-corrected chi connectivity index (χ1v) is 8.25. The number of hydrogen-bond acceptors (Lipinski definition) is 6. The van der Waals surface area contributed by atoms with Crippen molar-refractivity contribution in [3.05, 3.63) is 10.4 Å². The molecule has 0 aromatic carbocycles. The number of nitrogens with zero attached hydrogens (tertiary/aromatic N) is 3. The molecule has 0 aromatic rings. The standard InChI is InChI=1S/C15H29N5O5/c1-15(2,3)25-14(22)18-7-5-9-24-11-10-23-8-4-6-17-13(21)12-19-20-16/h4-12H2,1-3H3,(H,17,21)(H,18,22). The lowest BCUT2D eigenvalue weighted by molar-refractivity contribution is -0.119. The first-order chi connectivity index (χ1) is 11.8. The molecule has 0 atom stereocenters. The molecule has 10 heteroatoms. The first kappa shape index (κ1) is 23.0. The van der Waals surface area contributed by atoms with Crippen LogP contribution in [0.15, 0.2) is 5.11 Å². The average Bonchev–Trinajstić information content (AvgIpc) is 2.52. The van der Waals surface area contributed by atoms with E-state index in [0.717, 1.165) is 0 Å². The summed E-state index contributed by atoms with van der Waals surface area (Å²) in [6, 6.07) is 0. The van der Waals surface area contributed by atoms with E-state index in [1.54, 1.807) is 0 Å². The highest BCUT2D eigenvalue weighted by molar-refractivity contribution is 5.78. The number of amides is 2. The predicted molar refractivity (Wildman–Crippen MR) is 92.1 cm³/mol. The second kappa shape index (κ2) is 14.3. The van der Waals surface area contributed by atoms with Gasteiger partial charge in [0, 0.05) is 31.2 Å². The average molecular weight is 359 g/mol. The smallest absolute Gasteiger partial charge is 0.407 e. The Labute approximate surface area is 148 Å². The van der Waals surface area contributed by atoms with Crippen molar-refractivity contribution < 1.29 is 23.8 Å². The maximum absolute atomic E-state index is 11.4. The maximum atomic E-state index is 11.4. The molecule has 0 aliphatic carbocycles. The summed E-state index contributed by atoms with van der Waals surface area (Å²) in [6.07, 6.45) is 0.931. The molecule has 2 amide bonds. The van der Waals surface area contributed by atoms with Gasteiger partial charge < -0.3 is 24.8 Å². The fourth-order valence-electron chi connectivity index (χ4n) is 1.55. The highest BCUT2D eigenvalue weighted by Crippen LogP contribution is 2.06. The van der Waals surface area contributed by atoms with Gasteiger partial charge in [0.2, 0.25) is 5.91 Å². The first-order valence-electron chi connectivity index (χ1n) is 8.25. The SMILES string of the molecule is CC(C)(C)OC(=O)NCCCOCCOCCCNC(=O)CN=[N+]=[N-]. The van der Waals surface area contributed by atoms with E-state index in [2.05, 4.69) is 20.7 Å². The molecule has 0 spiro atoms. The van der Waals surface area contributed by atoms with Crippen LogP contribution >= 0.6 is 0 Å². The van der Waals surface area contributed by atoms with Crippen molar-refractivity contribution >= 4 is 12.0 Å². The molecular weight excluding hydrogens is 330 g/mol. The van der Waals surface area contributed by atoms with E-state index in [1.165, 1.54) is 0 Å². The largest absolute Gasteiger partial charge is 0.444 e. The number of hydrogen-bond donors (Lipinski definition) is 2. The lowest BCUT2D eigenvalue weighted by Crippen LogP contribution is -2.33. The quantitative estimate of drug-likeness (QED) is 0.223. The maximum Gasteiger partial charge on any atom is 0.407 e. The Kier molecular flexibility index (Phi) is 13.2. The van der Waals surface area contributed by atoms with E-state index < -0.39 is 11.7 Å². The van der Waals surface area contributed by atoms with Gasteiger partial charge in [-0.25, -0.2) is 4.79 Å². The molecule has 0 radical (unpaired) electrons. The van der Waals surface area contributed by atoms with Gasteiger partial charge in [-0.2, -0.15) is 0 Å². The molecular formula is C15H29N5O5. The van der Waals surface area contributed by atoms with Crippen molar-refractivity contribution in [1.29, 1.82) is 0 Å². The Hall–Kier alpha value is -2.03. The Balaban J connectivity index is 3.28.